The summed E-state index contributed by atoms with van der Waals surface area (Å²) in [7, 11) is 0. The molecule has 1 aliphatic heterocycles. The van der Waals surface area contributed by atoms with Crippen LogP contribution in [-0.4, -0.2) is 42.5 Å². The van der Waals surface area contributed by atoms with E-state index in [9.17, 15) is 8.78 Å². The molecular formula is C19H22F2N2. The van der Waals surface area contributed by atoms with E-state index < -0.39 is 0 Å². The van der Waals surface area contributed by atoms with Crippen LogP contribution in [0, 0.1) is 11.6 Å². The summed E-state index contributed by atoms with van der Waals surface area (Å²) in [5.74, 6) is -0.359. The molecule has 1 heterocycles. The van der Waals surface area contributed by atoms with Crippen LogP contribution in [-0.2, 0) is 13.0 Å². The number of halogens is 2. The lowest BCUT2D eigenvalue weighted by Crippen LogP contribution is -2.46. The number of rotatable bonds is 5. The van der Waals surface area contributed by atoms with Crippen molar-refractivity contribution < 1.29 is 8.78 Å². The monoisotopic (exact) mass is 316 g/mol. The van der Waals surface area contributed by atoms with Crippen molar-refractivity contribution in [3.63, 3.8) is 0 Å². The summed E-state index contributed by atoms with van der Waals surface area (Å²) in [6.07, 6.45) is 0.957. The Hall–Kier alpha value is -1.78. The molecule has 0 saturated carbocycles. The number of piperazine rings is 1. The summed E-state index contributed by atoms with van der Waals surface area (Å²) in [6.45, 7) is 6.04. The minimum atomic E-state index is -0.181. The third-order valence-corrected chi connectivity index (χ3v) is 4.41. The standard InChI is InChI=1S/C19H22F2N2/c20-18-5-1-16(2-6-18)9-10-22-11-13-23(14-12-22)15-17-3-7-19(21)8-4-17/h1-8H,9-15H2. The normalized spacial score (nSPS) is 16.6. The minimum absolute atomic E-state index is 0.178. The zero-order chi connectivity index (χ0) is 16.1. The van der Waals surface area contributed by atoms with Gasteiger partial charge in [0.2, 0.25) is 0 Å². The highest BCUT2D eigenvalue weighted by Gasteiger charge is 2.16. The maximum Gasteiger partial charge on any atom is 0.123 e. The fourth-order valence-electron chi connectivity index (χ4n) is 2.96. The van der Waals surface area contributed by atoms with Crippen molar-refractivity contribution in [2.45, 2.75) is 13.0 Å². The number of benzene rings is 2. The SMILES string of the molecule is Fc1ccc(CCN2CCN(Cc3ccc(F)cc3)CC2)cc1. The quantitative estimate of drug-likeness (QED) is 0.835. The molecule has 0 bridgehead atoms. The Labute approximate surface area is 136 Å². The molecule has 0 atom stereocenters. The molecule has 2 aromatic carbocycles. The average molecular weight is 316 g/mol. The molecular weight excluding hydrogens is 294 g/mol. The van der Waals surface area contributed by atoms with E-state index in [4.69, 9.17) is 0 Å². The van der Waals surface area contributed by atoms with Crippen molar-refractivity contribution in [3.05, 3.63) is 71.3 Å². The molecule has 0 unspecified atom stereocenters. The molecule has 0 radical (unpaired) electrons. The summed E-state index contributed by atoms with van der Waals surface area (Å²) >= 11 is 0. The fourth-order valence-corrected chi connectivity index (χ4v) is 2.96. The lowest BCUT2D eigenvalue weighted by atomic mass is 10.1. The fraction of sp³-hybridized carbons (Fsp3) is 0.368. The lowest BCUT2D eigenvalue weighted by molar-refractivity contribution is 0.128. The molecule has 23 heavy (non-hydrogen) atoms. The topological polar surface area (TPSA) is 6.48 Å². The van der Waals surface area contributed by atoms with Crippen LogP contribution < -0.4 is 0 Å². The number of nitrogens with zero attached hydrogens (tertiary/aromatic N) is 2. The van der Waals surface area contributed by atoms with Crippen LogP contribution in [0.2, 0.25) is 0 Å². The van der Waals surface area contributed by atoms with E-state index in [1.807, 2.05) is 24.3 Å². The van der Waals surface area contributed by atoms with Gasteiger partial charge in [0.25, 0.3) is 0 Å². The van der Waals surface area contributed by atoms with Gasteiger partial charge in [-0.1, -0.05) is 24.3 Å². The van der Waals surface area contributed by atoms with E-state index in [-0.39, 0.29) is 11.6 Å². The maximum absolute atomic E-state index is 12.9. The van der Waals surface area contributed by atoms with Crippen molar-refractivity contribution in [1.29, 1.82) is 0 Å². The van der Waals surface area contributed by atoms with Crippen molar-refractivity contribution >= 4 is 0 Å². The first-order chi connectivity index (χ1) is 11.2. The predicted molar refractivity (Wildman–Crippen MR) is 88.2 cm³/mol. The summed E-state index contributed by atoms with van der Waals surface area (Å²) < 4.78 is 25.8. The molecule has 2 nitrogen and oxygen atoms in total. The highest BCUT2D eigenvalue weighted by molar-refractivity contribution is 5.17. The second-order valence-electron chi connectivity index (χ2n) is 6.12. The van der Waals surface area contributed by atoms with E-state index in [1.165, 1.54) is 29.8 Å². The molecule has 3 rings (SSSR count). The van der Waals surface area contributed by atoms with E-state index in [0.29, 0.717) is 0 Å². The van der Waals surface area contributed by atoms with Crippen molar-refractivity contribution in [3.8, 4) is 0 Å². The summed E-state index contributed by atoms with van der Waals surface area (Å²) in [5.41, 5.74) is 2.34. The predicted octanol–water partition coefficient (Wildman–Crippen LogP) is 3.33. The first-order valence-electron chi connectivity index (χ1n) is 8.13. The van der Waals surface area contributed by atoms with Crippen LogP contribution in [0.5, 0.6) is 0 Å². The first-order valence-corrected chi connectivity index (χ1v) is 8.13. The van der Waals surface area contributed by atoms with Crippen LogP contribution in [0.1, 0.15) is 11.1 Å². The first kappa shape index (κ1) is 16.1. The van der Waals surface area contributed by atoms with Gasteiger partial charge in [-0.3, -0.25) is 4.90 Å². The molecule has 0 amide bonds. The molecule has 1 aliphatic rings. The van der Waals surface area contributed by atoms with Gasteiger partial charge in [0.1, 0.15) is 11.6 Å². The van der Waals surface area contributed by atoms with Gasteiger partial charge < -0.3 is 4.90 Å². The summed E-state index contributed by atoms with van der Waals surface area (Å²) in [5, 5.41) is 0. The van der Waals surface area contributed by atoms with Crippen LogP contribution in [0.4, 0.5) is 8.78 Å². The Bertz CT molecular complexity index is 602. The van der Waals surface area contributed by atoms with E-state index in [1.54, 1.807) is 0 Å². The molecule has 4 heteroatoms. The van der Waals surface area contributed by atoms with Gasteiger partial charge in [-0.05, 0) is 41.8 Å². The zero-order valence-corrected chi connectivity index (χ0v) is 13.2. The Morgan fingerprint density at radius 1 is 0.652 bits per heavy atom. The maximum atomic E-state index is 12.9. The molecule has 0 spiro atoms. The number of hydrogen-bond donors (Lipinski definition) is 0. The minimum Gasteiger partial charge on any atom is -0.300 e. The Morgan fingerprint density at radius 3 is 1.70 bits per heavy atom. The molecule has 1 fully saturated rings. The third kappa shape index (κ3) is 4.85. The Kier molecular flexibility index (Phi) is 5.36. The van der Waals surface area contributed by atoms with E-state index in [2.05, 4.69) is 9.80 Å². The third-order valence-electron chi connectivity index (χ3n) is 4.41. The molecule has 2 aromatic rings. The molecule has 1 saturated heterocycles. The highest BCUT2D eigenvalue weighted by atomic mass is 19.1. The Balaban J connectivity index is 1.41. The summed E-state index contributed by atoms with van der Waals surface area (Å²) in [4.78, 5) is 4.85. The van der Waals surface area contributed by atoms with Crippen LogP contribution in [0.15, 0.2) is 48.5 Å². The average Bonchev–Trinajstić information content (AvgIpc) is 2.58. The van der Waals surface area contributed by atoms with Gasteiger partial charge in [-0.2, -0.15) is 0 Å². The van der Waals surface area contributed by atoms with Crippen molar-refractivity contribution in [2.75, 3.05) is 32.7 Å². The molecule has 0 aliphatic carbocycles. The van der Waals surface area contributed by atoms with Gasteiger partial charge in [-0.25, -0.2) is 8.78 Å². The van der Waals surface area contributed by atoms with Gasteiger partial charge in [0, 0.05) is 39.3 Å². The molecule has 0 N–H and O–H groups in total. The zero-order valence-electron chi connectivity index (χ0n) is 13.2. The van der Waals surface area contributed by atoms with E-state index in [0.717, 1.165) is 51.3 Å². The summed E-state index contributed by atoms with van der Waals surface area (Å²) in [6, 6.07) is 13.5. The highest BCUT2D eigenvalue weighted by Crippen LogP contribution is 2.11. The largest absolute Gasteiger partial charge is 0.300 e. The lowest BCUT2D eigenvalue weighted by Gasteiger charge is -2.34. The molecule has 0 aromatic heterocycles. The second-order valence-corrected chi connectivity index (χ2v) is 6.12. The molecule has 122 valence electrons. The van der Waals surface area contributed by atoms with Crippen molar-refractivity contribution in [1.82, 2.24) is 9.80 Å². The van der Waals surface area contributed by atoms with Crippen LogP contribution in [0.3, 0.4) is 0 Å². The van der Waals surface area contributed by atoms with Gasteiger partial charge in [0.15, 0.2) is 0 Å². The second kappa shape index (κ2) is 7.66. The van der Waals surface area contributed by atoms with E-state index >= 15 is 0 Å². The van der Waals surface area contributed by atoms with Gasteiger partial charge in [0.05, 0.1) is 0 Å². The van der Waals surface area contributed by atoms with Crippen LogP contribution >= 0.6 is 0 Å². The smallest absolute Gasteiger partial charge is 0.123 e. The van der Waals surface area contributed by atoms with Gasteiger partial charge >= 0.3 is 0 Å². The van der Waals surface area contributed by atoms with Crippen LogP contribution in [0.25, 0.3) is 0 Å². The Morgan fingerprint density at radius 2 is 1.13 bits per heavy atom. The van der Waals surface area contributed by atoms with Gasteiger partial charge in [-0.15, -0.1) is 0 Å². The number of hydrogen-bond acceptors (Lipinski definition) is 2. The van der Waals surface area contributed by atoms with Crippen molar-refractivity contribution in [2.24, 2.45) is 0 Å².